The number of hydrogen-bond donors (Lipinski definition) is 0. The van der Waals surface area contributed by atoms with Gasteiger partial charge in [-0.15, -0.1) is 0 Å². The van der Waals surface area contributed by atoms with Gasteiger partial charge in [-0.1, -0.05) is 59.1 Å². The summed E-state index contributed by atoms with van der Waals surface area (Å²) < 4.78 is 13.2. The summed E-state index contributed by atoms with van der Waals surface area (Å²) in [6.07, 6.45) is 9.58. The molecule has 0 N–H and O–H groups in total. The van der Waals surface area contributed by atoms with Gasteiger partial charge in [0.05, 0.1) is 16.8 Å². The fraction of sp³-hybridized carbons (Fsp3) is 0.0741. The summed E-state index contributed by atoms with van der Waals surface area (Å²) in [6.45, 7) is 0.382. The first-order chi connectivity index (χ1) is 17.4. The van der Waals surface area contributed by atoms with Gasteiger partial charge in [-0.25, -0.2) is 9.67 Å². The van der Waals surface area contributed by atoms with Crippen molar-refractivity contribution in [2.24, 2.45) is 7.05 Å². The quantitative estimate of drug-likeness (QED) is 0.163. The van der Waals surface area contributed by atoms with Gasteiger partial charge in [0.25, 0.3) is 0 Å². The summed E-state index contributed by atoms with van der Waals surface area (Å²) in [7, 11) is 1.73. The van der Waals surface area contributed by atoms with Gasteiger partial charge in [0.15, 0.2) is 5.78 Å². The molecule has 0 saturated carbocycles. The molecule has 0 radical (unpaired) electrons. The molecule has 0 fully saturated rings. The van der Waals surface area contributed by atoms with Gasteiger partial charge in [-0.3, -0.25) is 4.79 Å². The molecular weight excluding hydrogens is 521 g/mol. The van der Waals surface area contributed by atoms with Crippen LogP contribution in [-0.4, -0.2) is 20.5 Å². The predicted molar refractivity (Wildman–Crippen MR) is 143 cm³/mol. The van der Waals surface area contributed by atoms with Crippen LogP contribution in [0.25, 0.3) is 12.2 Å². The topological polar surface area (TPSA) is 66.2 Å². The lowest BCUT2D eigenvalue weighted by atomic mass is 10.1. The van der Waals surface area contributed by atoms with E-state index >= 15 is 0 Å². The van der Waals surface area contributed by atoms with Crippen LogP contribution in [0.1, 0.15) is 16.7 Å². The number of benzene rings is 2. The number of carbonyl (C=O) groups excluding carboxylic acids is 1. The van der Waals surface area contributed by atoms with Crippen LogP contribution in [0, 0.1) is 0 Å². The normalized spacial score (nSPS) is 11.3. The van der Waals surface area contributed by atoms with E-state index in [0.717, 1.165) is 11.1 Å². The number of aromatic nitrogens is 3. The third kappa shape index (κ3) is 6.98. The van der Waals surface area contributed by atoms with Gasteiger partial charge < -0.3 is 9.47 Å². The molecule has 0 aliphatic rings. The van der Waals surface area contributed by atoms with Crippen LogP contribution in [0.3, 0.4) is 0 Å². The lowest BCUT2D eigenvalue weighted by Gasteiger charge is -2.08. The number of ketones is 1. The van der Waals surface area contributed by atoms with Crippen molar-refractivity contribution in [3.63, 3.8) is 0 Å². The van der Waals surface area contributed by atoms with Gasteiger partial charge in [0.1, 0.15) is 23.3 Å². The fourth-order valence-electron chi connectivity index (χ4n) is 3.08. The Morgan fingerprint density at radius 1 is 0.972 bits per heavy atom. The number of aryl methyl sites for hydroxylation is 1. The molecule has 0 saturated heterocycles. The molecule has 36 heavy (non-hydrogen) atoms. The summed E-state index contributed by atoms with van der Waals surface area (Å²) in [6, 6.07) is 15.9. The third-order valence-corrected chi connectivity index (χ3v) is 5.71. The van der Waals surface area contributed by atoms with Crippen LogP contribution in [0.5, 0.6) is 17.4 Å². The van der Waals surface area contributed by atoms with Crippen molar-refractivity contribution in [1.82, 2.24) is 14.8 Å². The molecule has 0 bridgehead atoms. The minimum Gasteiger partial charge on any atom is -0.489 e. The molecule has 2 aromatic heterocycles. The maximum atomic E-state index is 12.4. The minimum atomic E-state index is -0.190. The van der Waals surface area contributed by atoms with Crippen molar-refractivity contribution in [3.8, 4) is 17.4 Å². The highest BCUT2D eigenvalue weighted by Gasteiger charge is 2.12. The zero-order valence-corrected chi connectivity index (χ0v) is 21.3. The number of halogens is 3. The maximum Gasteiger partial charge on any atom is 0.224 e. The molecule has 0 atom stereocenters. The zero-order valence-electron chi connectivity index (χ0n) is 19.1. The van der Waals surface area contributed by atoms with E-state index in [0.29, 0.717) is 44.7 Å². The van der Waals surface area contributed by atoms with Crippen LogP contribution in [-0.2, 0) is 18.4 Å². The molecule has 0 amide bonds. The molecule has 9 heteroatoms. The molecule has 2 heterocycles. The van der Waals surface area contributed by atoms with E-state index in [2.05, 4.69) is 10.1 Å². The third-order valence-electron chi connectivity index (χ3n) is 4.95. The predicted octanol–water partition coefficient (Wildman–Crippen LogP) is 7.44. The van der Waals surface area contributed by atoms with Crippen molar-refractivity contribution >= 4 is 52.7 Å². The average molecular weight is 541 g/mol. The Bertz CT molecular complexity index is 1410. The first kappa shape index (κ1) is 25.5. The SMILES string of the molecule is Cn1ncc(/C=C/C(=O)/C=C/c2ccc(OCc3ccc(Cl)nc3)cc2)c1Oc1ccc(Cl)cc1Cl. The Hall–Kier alpha value is -3.58. The smallest absolute Gasteiger partial charge is 0.224 e. The molecule has 2 aromatic carbocycles. The summed E-state index contributed by atoms with van der Waals surface area (Å²) in [5.41, 5.74) is 2.40. The summed E-state index contributed by atoms with van der Waals surface area (Å²) in [5, 5.41) is 5.52. The average Bonchev–Trinajstić information content (AvgIpc) is 3.22. The molecule has 6 nitrogen and oxygen atoms in total. The van der Waals surface area contributed by atoms with Crippen LogP contribution >= 0.6 is 34.8 Å². The number of pyridine rings is 1. The second-order valence-corrected chi connectivity index (χ2v) is 8.85. The number of rotatable bonds is 9. The van der Waals surface area contributed by atoms with E-state index in [-0.39, 0.29) is 5.78 Å². The number of carbonyl (C=O) groups is 1. The highest BCUT2D eigenvalue weighted by Crippen LogP contribution is 2.33. The lowest BCUT2D eigenvalue weighted by Crippen LogP contribution is -1.96. The van der Waals surface area contributed by atoms with Crippen LogP contribution in [0.4, 0.5) is 0 Å². The molecule has 4 rings (SSSR count). The van der Waals surface area contributed by atoms with E-state index in [4.69, 9.17) is 44.3 Å². The molecular formula is C27H20Cl3N3O3. The standard InChI is InChI=1S/C27H20Cl3N3O3/c1-33-27(36-25-12-7-21(28)14-24(25)29)20(16-32-33)6-9-22(34)8-2-18-3-10-23(11-4-18)35-17-19-5-13-26(30)31-15-19/h2-16H,17H2,1H3/b8-2+,9-6+. The molecule has 4 aromatic rings. The second-order valence-electron chi connectivity index (χ2n) is 7.62. The first-order valence-electron chi connectivity index (χ1n) is 10.8. The second kappa shape index (κ2) is 11.9. The molecule has 0 unspecified atom stereocenters. The van der Waals surface area contributed by atoms with Crippen molar-refractivity contribution in [2.75, 3.05) is 0 Å². The van der Waals surface area contributed by atoms with Crippen molar-refractivity contribution in [3.05, 3.63) is 111 Å². The maximum absolute atomic E-state index is 12.4. The highest BCUT2D eigenvalue weighted by molar-refractivity contribution is 6.35. The largest absolute Gasteiger partial charge is 0.489 e. The number of allylic oxidation sites excluding steroid dienone is 2. The van der Waals surface area contributed by atoms with Crippen LogP contribution in [0.15, 0.2) is 79.1 Å². The van der Waals surface area contributed by atoms with E-state index in [1.54, 1.807) is 60.5 Å². The first-order valence-corrected chi connectivity index (χ1v) is 11.9. The number of ether oxygens (including phenoxy) is 2. The van der Waals surface area contributed by atoms with Gasteiger partial charge >= 0.3 is 0 Å². The van der Waals surface area contributed by atoms with Crippen LogP contribution in [0.2, 0.25) is 15.2 Å². The lowest BCUT2D eigenvalue weighted by molar-refractivity contribution is -0.110. The molecule has 182 valence electrons. The number of hydrogen-bond acceptors (Lipinski definition) is 5. The Labute approximate surface area is 223 Å². The fourth-order valence-corrected chi connectivity index (χ4v) is 3.64. The van der Waals surface area contributed by atoms with E-state index in [9.17, 15) is 4.79 Å². The minimum absolute atomic E-state index is 0.190. The molecule has 0 spiro atoms. The Morgan fingerprint density at radius 3 is 2.47 bits per heavy atom. The highest BCUT2D eigenvalue weighted by atomic mass is 35.5. The van der Waals surface area contributed by atoms with Crippen molar-refractivity contribution < 1.29 is 14.3 Å². The Kier molecular flexibility index (Phi) is 8.44. The summed E-state index contributed by atoms with van der Waals surface area (Å²) >= 11 is 17.9. The zero-order chi connectivity index (χ0) is 25.5. The Balaban J connectivity index is 1.35. The summed E-state index contributed by atoms with van der Waals surface area (Å²) in [4.78, 5) is 16.4. The van der Waals surface area contributed by atoms with Gasteiger partial charge in [-0.2, -0.15) is 5.10 Å². The van der Waals surface area contributed by atoms with E-state index < -0.39 is 0 Å². The van der Waals surface area contributed by atoms with E-state index in [1.165, 1.54) is 12.2 Å². The monoisotopic (exact) mass is 539 g/mol. The van der Waals surface area contributed by atoms with Crippen molar-refractivity contribution in [1.29, 1.82) is 0 Å². The molecule has 0 aliphatic carbocycles. The number of nitrogens with zero attached hydrogens (tertiary/aromatic N) is 3. The molecule has 0 aliphatic heterocycles. The van der Waals surface area contributed by atoms with Gasteiger partial charge in [0, 0.05) is 23.8 Å². The van der Waals surface area contributed by atoms with Gasteiger partial charge in [0.2, 0.25) is 5.88 Å². The van der Waals surface area contributed by atoms with Crippen molar-refractivity contribution in [2.45, 2.75) is 6.61 Å². The van der Waals surface area contributed by atoms with E-state index in [1.807, 2.05) is 30.3 Å². The Morgan fingerprint density at radius 2 is 1.75 bits per heavy atom. The van der Waals surface area contributed by atoms with Crippen LogP contribution < -0.4 is 9.47 Å². The van der Waals surface area contributed by atoms with Gasteiger partial charge in [-0.05, 0) is 60.2 Å². The summed E-state index contributed by atoms with van der Waals surface area (Å²) in [5.74, 6) is 1.39.